The number of nitrogens with two attached hydrogens (primary N) is 1. The van der Waals surface area contributed by atoms with Crippen LogP contribution in [-0.4, -0.2) is 35.4 Å². The number of hydrazine groups is 1. The summed E-state index contributed by atoms with van der Waals surface area (Å²) in [6.07, 6.45) is 4.97. The second-order valence-electron chi connectivity index (χ2n) is 4.66. The number of nitrogens with zero attached hydrogens (tertiary/aromatic N) is 4. The number of rotatable bonds is 3. The molecule has 5 heteroatoms. The highest BCUT2D eigenvalue weighted by molar-refractivity contribution is 4.94. The highest BCUT2D eigenvalue weighted by Crippen LogP contribution is 2.24. The fourth-order valence-corrected chi connectivity index (χ4v) is 1.44. The van der Waals surface area contributed by atoms with Crippen molar-refractivity contribution in [2.75, 3.05) is 13.6 Å². The smallest absolute Gasteiger partial charge is 0.162 e. The number of hydrogen-bond acceptors (Lipinski definition) is 5. The van der Waals surface area contributed by atoms with Crippen LogP contribution in [0.2, 0.25) is 0 Å². The predicted octanol–water partition coefficient (Wildman–Crippen LogP) is 1.55. The minimum Gasteiger partial charge on any atom is -0.330 e. The molecule has 0 amide bonds. The third-order valence-electron chi connectivity index (χ3n) is 2.18. The minimum absolute atomic E-state index is 0.00998. The van der Waals surface area contributed by atoms with Crippen LogP contribution in [0.15, 0.2) is 22.5 Å². The molecular weight excluding hydrogens is 190 g/mol. The predicted molar refractivity (Wildman–Crippen MR) is 60.8 cm³/mol. The van der Waals surface area contributed by atoms with Gasteiger partial charge in [0.15, 0.2) is 6.17 Å². The van der Waals surface area contributed by atoms with E-state index in [9.17, 15) is 0 Å². The summed E-state index contributed by atoms with van der Waals surface area (Å²) in [5.41, 5.74) is 5.38. The van der Waals surface area contributed by atoms with E-state index in [2.05, 4.69) is 31.1 Å². The lowest BCUT2D eigenvalue weighted by molar-refractivity contribution is -0.0578. The minimum atomic E-state index is -0.0330. The van der Waals surface area contributed by atoms with Gasteiger partial charge >= 0.3 is 0 Å². The van der Waals surface area contributed by atoms with E-state index >= 15 is 0 Å². The van der Waals surface area contributed by atoms with Crippen molar-refractivity contribution >= 4 is 0 Å². The Morgan fingerprint density at radius 3 is 2.53 bits per heavy atom. The molecule has 0 aliphatic carbocycles. The van der Waals surface area contributed by atoms with Crippen LogP contribution < -0.4 is 5.73 Å². The van der Waals surface area contributed by atoms with Crippen molar-refractivity contribution in [3.8, 4) is 0 Å². The molecule has 1 atom stereocenters. The molecular formula is C10H21N5. The van der Waals surface area contributed by atoms with E-state index in [0.29, 0.717) is 6.54 Å². The molecule has 0 aromatic rings. The first kappa shape index (κ1) is 12.1. The largest absolute Gasteiger partial charge is 0.330 e. The summed E-state index contributed by atoms with van der Waals surface area (Å²) in [5, 5.41) is 12.2. The lowest BCUT2D eigenvalue weighted by atomic mass is 10.1. The second kappa shape index (κ2) is 4.72. The summed E-state index contributed by atoms with van der Waals surface area (Å²) in [6, 6.07) is 0. The average Bonchev–Trinajstić information content (AvgIpc) is 2.47. The van der Waals surface area contributed by atoms with Gasteiger partial charge in [-0.15, -0.1) is 5.11 Å². The third kappa shape index (κ3) is 3.00. The molecule has 1 aliphatic rings. The van der Waals surface area contributed by atoms with E-state index in [1.54, 1.807) is 0 Å². The highest BCUT2D eigenvalue weighted by Gasteiger charge is 2.32. The molecule has 1 aliphatic heterocycles. The molecule has 0 radical (unpaired) electrons. The second-order valence-corrected chi connectivity index (χ2v) is 4.66. The first-order valence-corrected chi connectivity index (χ1v) is 5.27. The van der Waals surface area contributed by atoms with Gasteiger partial charge in [0.2, 0.25) is 0 Å². The van der Waals surface area contributed by atoms with Gasteiger partial charge in [0, 0.05) is 7.05 Å². The molecule has 5 nitrogen and oxygen atoms in total. The van der Waals surface area contributed by atoms with E-state index < -0.39 is 0 Å². The molecule has 0 saturated carbocycles. The van der Waals surface area contributed by atoms with Crippen molar-refractivity contribution < 1.29 is 0 Å². The van der Waals surface area contributed by atoms with Gasteiger partial charge in [-0.25, -0.2) is 5.12 Å². The quantitative estimate of drug-likeness (QED) is 0.720. The van der Waals surface area contributed by atoms with Crippen molar-refractivity contribution in [2.24, 2.45) is 16.1 Å². The first-order valence-electron chi connectivity index (χ1n) is 5.27. The van der Waals surface area contributed by atoms with Crippen LogP contribution in [0, 0.1) is 0 Å². The fourth-order valence-electron chi connectivity index (χ4n) is 1.44. The van der Waals surface area contributed by atoms with Gasteiger partial charge in [0.1, 0.15) is 0 Å². The van der Waals surface area contributed by atoms with Crippen LogP contribution in [0.4, 0.5) is 0 Å². The van der Waals surface area contributed by atoms with Gasteiger partial charge in [-0.05, 0) is 39.8 Å². The molecule has 15 heavy (non-hydrogen) atoms. The summed E-state index contributed by atoms with van der Waals surface area (Å²) < 4.78 is 0. The van der Waals surface area contributed by atoms with Crippen LogP contribution in [-0.2, 0) is 0 Å². The molecule has 0 aromatic carbocycles. The topological polar surface area (TPSA) is 57.2 Å². The van der Waals surface area contributed by atoms with E-state index in [0.717, 1.165) is 6.42 Å². The summed E-state index contributed by atoms with van der Waals surface area (Å²) in [4.78, 5) is 0. The summed E-state index contributed by atoms with van der Waals surface area (Å²) in [5.74, 6) is 0. The SMILES string of the molecule is CN1C(/C=C/CCN)N=NN1C(C)(C)C. The maximum absolute atomic E-state index is 5.42. The monoisotopic (exact) mass is 211 g/mol. The van der Waals surface area contributed by atoms with Crippen LogP contribution in [0.5, 0.6) is 0 Å². The molecule has 1 rings (SSSR count). The van der Waals surface area contributed by atoms with E-state index in [1.807, 2.05) is 29.3 Å². The lowest BCUT2D eigenvalue weighted by Gasteiger charge is -2.34. The molecule has 1 unspecified atom stereocenters. The summed E-state index contributed by atoms with van der Waals surface area (Å²) in [6.45, 7) is 6.99. The molecule has 0 saturated heterocycles. The van der Waals surface area contributed by atoms with Gasteiger partial charge in [-0.2, -0.15) is 5.01 Å². The normalized spacial score (nSPS) is 23.3. The zero-order chi connectivity index (χ0) is 11.5. The molecule has 0 spiro atoms. The summed E-state index contributed by atoms with van der Waals surface area (Å²) >= 11 is 0. The Morgan fingerprint density at radius 1 is 1.40 bits per heavy atom. The molecule has 0 fully saturated rings. The molecule has 2 N–H and O–H groups in total. The van der Waals surface area contributed by atoms with Gasteiger partial charge in [0.25, 0.3) is 0 Å². The van der Waals surface area contributed by atoms with Crippen molar-refractivity contribution in [3.63, 3.8) is 0 Å². The van der Waals surface area contributed by atoms with Crippen molar-refractivity contribution in [1.29, 1.82) is 0 Å². The van der Waals surface area contributed by atoms with Crippen LogP contribution in [0.3, 0.4) is 0 Å². The Balaban J connectivity index is 2.57. The number of hydrogen-bond donors (Lipinski definition) is 1. The van der Waals surface area contributed by atoms with Crippen molar-refractivity contribution in [2.45, 2.75) is 38.9 Å². The first-order chi connectivity index (χ1) is 6.96. The molecule has 0 aromatic heterocycles. The van der Waals surface area contributed by atoms with E-state index in [-0.39, 0.29) is 11.7 Å². The van der Waals surface area contributed by atoms with Crippen molar-refractivity contribution in [3.05, 3.63) is 12.2 Å². The van der Waals surface area contributed by atoms with E-state index in [4.69, 9.17) is 5.73 Å². The Labute approximate surface area is 91.6 Å². The van der Waals surface area contributed by atoms with Crippen molar-refractivity contribution in [1.82, 2.24) is 10.1 Å². The number of likely N-dealkylation sites (N-methyl/N-ethyl adjacent to an activating group) is 1. The van der Waals surface area contributed by atoms with Gasteiger partial charge in [-0.1, -0.05) is 11.3 Å². The Hall–Kier alpha value is -0.940. The zero-order valence-corrected chi connectivity index (χ0v) is 10.0. The van der Waals surface area contributed by atoms with Gasteiger partial charge in [0.05, 0.1) is 5.54 Å². The lowest BCUT2D eigenvalue weighted by Crippen LogP contribution is -2.47. The van der Waals surface area contributed by atoms with Gasteiger partial charge in [-0.3, -0.25) is 0 Å². The van der Waals surface area contributed by atoms with Crippen LogP contribution in [0.25, 0.3) is 0 Å². The van der Waals surface area contributed by atoms with Crippen LogP contribution in [0.1, 0.15) is 27.2 Å². The Bertz CT molecular complexity index is 253. The maximum atomic E-state index is 5.42. The Morgan fingerprint density at radius 2 is 2.07 bits per heavy atom. The zero-order valence-electron chi connectivity index (χ0n) is 10.0. The van der Waals surface area contributed by atoms with Crippen LogP contribution >= 0.6 is 0 Å². The average molecular weight is 211 g/mol. The Kier molecular flexibility index (Phi) is 3.82. The molecule has 0 bridgehead atoms. The maximum Gasteiger partial charge on any atom is 0.162 e. The molecule has 86 valence electrons. The van der Waals surface area contributed by atoms with E-state index in [1.165, 1.54) is 0 Å². The standard InChI is InChI=1S/C10H21N5/c1-10(2,3)15-13-12-9(14(15)4)7-5-6-8-11/h5,7,9H,6,8,11H2,1-4H3/b7-5+. The highest BCUT2D eigenvalue weighted by atomic mass is 15.9. The van der Waals surface area contributed by atoms with Gasteiger partial charge < -0.3 is 5.73 Å². The molecule has 1 heterocycles. The fraction of sp³-hybridized carbons (Fsp3) is 0.800. The third-order valence-corrected chi connectivity index (χ3v) is 2.18. The summed E-state index contributed by atoms with van der Waals surface area (Å²) in [7, 11) is 1.99.